The van der Waals surface area contributed by atoms with Crippen LogP contribution in [0.4, 0.5) is 4.39 Å². The molecule has 1 heterocycles. The highest BCUT2D eigenvalue weighted by molar-refractivity contribution is 6.43. The summed E-state index contributed by atoms with van der Waals surface area (Å²) in [7, 11) is 0. The number of aromatic nitrogens is 2. The van der Waals surface area contributed by atoms with Crippen molar-refractivity contribution in [2.45, 2.75) is 26.8 Å². The maximum absolute atomic E-state index is 13.9. The van der Waals surface area contributed by atoms with Crippen molar-refractivity contribution < 1.29 is 14.0 Å². The first-order chi connectivity index (χ1) is 12.9. The third-order valence-electron chi connectivity index (χ3n) is 4.44. The van der Waals surface area contributed by atoms with Gasteiger partial charge < -0.3 is 5.32 Å². The molecule has 138 valence electrons. The van der Waals surface area contributed by atoms with Crippen molar-refractivity contribution >= 4 is 11.7 Å². The van der Waals surface area contributed by atoms with E-state index in [1.165, 1.54) is 6.07 Å². The van der Waals surface area contributed by atoms with Crippen LogP contribution in [0, 0.1) is 19.7 Å². The van der Waals surface area contributed by atoms with E-state index in [-0.39, 0.29) is 5.56 Å². The topological polar surface area (TPSA) is 64.0 Å². The SMILES string of the molecule is Cc1nn(-c2ccccc2)c(C)c1C(=O)C(=O)NC(C)c1ccccc1F. The predicted molar refractivity (Wildman–Crippen MR) is 100 cm³/mol. The number of carbonyl (C=O) groups excluding carboxylic acids is 2. The molecule has 1 amide bonds. The van der Waals surface area contributed by atoms with Crippen LogP contribution < -0.4 is 5.32 Å². The second kappa shape index (κ2) is 7.53. The zero-order valence-electron chi connectivity index (χ0n) is 15.4. The van der Waals surface area contributed by atoms with Gasteiger partial charge in [0, 0.05) is 5.56 Å². The number of nitrogens with one attached hydrogen (secondary N) is 1. The molecule has 1 atom stereocenters. The number of para-hydroxylation sites is 1. The molecule has 3 rings (SSSR count). The molecule has 0 fully saturated rings. The summed E-state index contributed by atoms with van der Waals surface area (Å²) in [5.74, 6) is -1.90. The van der Waals surface area contributed by atoms with E-state index < -0.39 is 23.5 Å². The van der Waals surface area contributed by atoms with Crippen LogP contribution in [0.1, 0.15) is 40.3 Å². The van der Waals surface area contributed by atoms with E-state index in [0.29, 0.717) is 17.0 Å². The molecule has 0 aliphatic carbocycles. The lowest BCUT2D eigenvalue weighted by molar-refractivity contribution is -0.117. The lowest BCUT2D eigenvalue weighted by atomic mass is 10.1. The standard InChI is InChI=1S/C21H20FN3O2/c1-13(17-11-7-8-12-18(17)22)23-21(27)20(26)19-14(2)24-25(15(19)3)16-9-5-4-6-10-16/h4-13H,1-3H3,(H,23,27). The van der Waals surface area contributed by atoms with Gasteiger partial charge in [0.2, 0.25) is 0 Å². The Morgan fingerprint density at radius 3 is 2.33 bits per heavy atom. The molecule has 1 N–H and O–H groups in total. The van der Waals surface area contributed by atoms with Crippen LogP contribution in [-0.4, -0.2) is 21.5 Å². The molecule has 0 radical (unpaired) electrons. The van der Waals surface area contributed by atoms with Gasteiger partial charge in [-0.2, -0.15) is 5.10 Å². The fraction of sp³-hybridized carbons (Fsp3) is 0.190. The van der Waals surface area contributed by atoms with Gasteiger partial charge in [-0.25, -0.2) is 9.07 Å². The van der Waals surface area contributed by atoms with Gasteiger partial charge in [0.25, 0.3) is 11.7 Å². The minimum atomic E-state index is -0.787. The largest absolute Gasteiger partial charge is 0.343 e. The normalized spacial score (nSPS) is 11.9. The number of amides is 1. The Balaban J connectivity index is 1.85. The Labute approximate surface area is 156 Å². The summed E-state index contributed by atoms with van der Waals surface area (Å²) < 4.78 is 15.5. The number of ketones is 1. The Kier molecular flexibility index (Phi) is 5.16. The summed E-state index contributed by atoms with van der Waals surface area (Å²) in [6, 6.07) is 14.9. The van der Waals surface area contributed by atoms with Crippen LogP contribution in [0.15, 0.2) is 54.6 Å². The molecule has 2 aromatic carbocycles. The summed E-state index contributed by atoms with van der Waals surface area (Å²) in [6.45, 7) is 5.07. The molecule has 0 aliphatic rings. The predicted octanol–water partition coefficient (Wildman–Crippen LogP) is 3.69. The minimum absolute atomic E-state index is 0.261. The van der Waals surface area contributed by atoms with Crippen LogP contribution in [-0.2, 0) is 4.79 Å². The molecule has 0 aliphatic heterocycles. The van der Waals surface area contributed by atoms with Gasteiger partial charge >= 0.3 is 0 Å². The molecule has 27 heavy (non-hydrogen) atoms. The molecule has 0 bridgehead atoms. The zero-order chi connectivity index (χ0) is 19.6. The first kappa shape index (κ1) is 18.5. The van der Waals surface area contributed by atoms with Crippen molar-refractivity contribution in [2.24, 2.45) is 0 Å². The molecule has 1 unspecified atom stereocenters. The van der Waals surface area contributed by atoms with Gasteiger partial charge in [0.15, 0.2) is 0 Å². The first-order valence-electron chi connectivity index (χ1n) is 8.61. The fourth-order valence-corrected chi connectivity index (χ4v) is 3.07. The van der Waals surface area contributed by atoms with Gasteiger partial charge in [-0.1, -0.05) is 36.4 Å². The van der Waals surface area contributed by atoms with Crippen molar-refractivity contribution in [3.05, 3.63) is 82.9 Å². The van der Waals surface area contributed by atoms with Crippen LogP contribution in [0.3, 0.4) is 0 Å². The molecule has 3 aromatic rings. The van der Waals surface area contributed by atoms with E-state index in [1.807, 2.05) is 30.3 Å². The van der Waals surface area contributed by atoms with Gasteiger partial charge in [-0.15, -0.1) is 0 Å². The number of hydrogen-bond acceptors (Lipinski definition) is 3. The quantitative estimate of drug-likeness (QED) is 0.554. The second-order valence-corrected chi connectivity index (χ2v) is 6.34. The lowest BCUT2D eigenvalue weighted by Crippen LogP contribution is -2.34. The second-order valence-electron chi connectivity index (χ2n) is 6.34. The third-order valence-corrected chi connectivity index (χ3v) is 4.44. The maximum Gasteiger partial charge on any atom is 0.293 e. The van der Waals surface area contributed by atoms with E-state index >= 15 is 0 Å². The fourth-order valence-electron chi connectivity index (χ4n) is 3.07. The highest BCUT2D eigenvalue weighted by Crippen LogP contribution is 2.20. The number of nitrogens with zero attached hydrogens (tertiary/aromatic N) is 2. The van der Waals surface area contributed by atoms with E-state index in [1.54, 1.807) is 43.7 Å². The summed E-state index contributed by atoms with van der Waals surface area (Å²) in [5.41, 5.74) is 2.44. The Morgan fingerprint density at radius 1 is 1.04 bits per heavy atom. The monoisotopic (exact) mass is 365 g/mol. The molecule has 6 heteroatoms. The van der Waals surface area contributed by atoms with Gasteiger partial charge in [0.05, 0.1) is 28.7 Å². The number of carbonyl (C=O) groups is 2. The Morgan fingerprint density at radius 2 is 1.67 bits per heavy atom. The number of hydrogen-bond donors (Lipinski definition) is 1. The highest BCUT2D eigenvalue weighted by atomic mass is 19.1. The Bertz CT molecular complexity index is 996. The smallest absolute Gasteiger partial charge is 0.293 e. The number of aryl methyl sites for hydroxylation is 1. The van der Waals surface area contributed by atoms with Gasteiger partial charge in [0.1, 0.15) is 5.82 Å². The van der Waals surface area contributed by atoms with Crippen molar-refractivity contribution in [3.8, 4) is 5.69 Å². The van der Waals surface area contributed by atoms with Crippen molar-refractivity contribution in [1.82, 2.24) is 15.1 Å². The molecule has 0 spiro atoms. The average molecular weight is 365 g/mol. The number of rotatable bonds is 5. The highest BCUT2D eigenvalue weighted by Gasteiger charge is 2.26. The summed E-state index contributed by atoms with van der Waals surface area (Å²) >= 11 is 0. The average Bonchev–Trinajstić information content (AvgIpc) is 2.96. The van der Waals surface area contributed by atoms with Crippen molar-refractivity contribution in [2.75, 3.05) is 0 Å². The minimum Gasteiger partial charge on any atom is -0.343 e. The summed E-state index contributed by atoms with van der Waals surface area (Å²) in [5, 5.41) is 6.96. The maximum atomic E-state index is 13.9. The van der Waals surface area contributed by atoms with E-state index in [9.17, 15) is 14.0 Å². The molecular weight excluding hydrogens is 345 g/mol. The van der Waals surface area contributed by atoms with E-state index in [0.717, 1.165) is 5.69 Å². The molecular formula is C21H20FN3O2. The van der Waals surface area contributed by atoms with Crippen LogP contribution >= 0.6 is 0 Å². The van der Waals surface area contributed by atoms with Crippen LogP contribution in [0.5, 0.6) is 0 Å². The summed E-state index contributed by atoms with van der Waals surface area (Å²) in [4.78, 5) is 25.2. The first-order valence-corrected chi connectivity index (χ1v) is 8.61. The number of benzene rings is 2. The number of halogens is 1. The molecule has 1 aromatic heterocycles. The van der Waals surface area contributed by atoms with Crippen LogP contribution in [0.2, 0.25) is 0 Å². The zero-order valence-corrected chi connectivity index (χ0v) is 15.4. The van der Waals surface area contributed by atoms with Crippen LogP contribution in [0.25, 0.3) is 5.69 Å². The van der Waals surface area contributed by atoms with Crippen molar-refractivity contribution in [1.29, 1.82) is 0 Å². The lowest BCUT2D eigenvalue weighted by Gasteiger charge is -2.14. The number of Topliss-reactive ketones (excluding diaryl/α,β-unsaturated/α-hetero) is 1. The van der Waals surface area contributed by atoms with E-state index in [2.05, 4.69) is 10.4 Å². The molecule has 0 saturated heterocycles. The van der Waals surface area contributed by atoms with E-state index in [4.69, 9.17) is 0 Å². The van der Waals surface area contributed by atoms with Crippen molar-refractivity contribution in [3.63, 3.8) is 0 Å². The van der Waals surface area contributed by atoms with Gasteiger partial charge in [-0.3, -0.25) is 9.59 Å². The Hall–Kier alpha value is -3.28. The third kappa shape index (κ3) is 3.65. The summed E-state index contributed by atoms with van der Waals surface area (Å²) in [6.07, 6.45) is 0. The molecule has 0 saturated carbocycles. The van der Waals surface area contributed by atoms with Gasteiger partial charge in [-0.05, 0) is 39.0 Å². The molecule has 5 nitrogen and oxygen atoms in total.